The SMILES string of the molecule is Cc1nc2ccc(NC(=O)CC3(N)CCC3)cc2[nH]1. The molecule has 19 heavy (non-hydrogen) atoms. The molecule has 0 spiro atoms. The first kappa shape index (κ1) is 12.2. The van der Waals surface area contributed by atoms with Gasteiger partial charge in [-0.3, -0.25) is 4.79 Å². The molecule has 1 aromatic heterocycles. The molecule has 1 aliphatic carbocycles. The number of nitrogens with zero attached hydrogens (tertiary/aromatic N) is 1. The van der Waals surface area contributed by atoms with Crippen LogP contribution in [0.2, 0.25) is 0 Å². The van der Waals surface area contributed by atoms with E-state index in [1.807, 2.05) is 25.1 Å². The van der Waals surface area contributed by atoms with Gasteiger partial charge in [-0.1, -0.05) is 0 Å². The molecule has 100 valence electrons. The average molecular weight is 258 g/mol. The molecular weight excluding hydrogens is 240 g/mol. The predicted molar refractivity (Wildman–Crippen MR) is 74.8 cm³/mol. The number of nitrogens with two attached hydrogens (primary N) is 1. The number of hydrogen-bond acceptors (Lipinski definition) is 3. The fraction of sp³-hybridized carbons (Fsp3) is 0.429. The van der Waals surface area contributed by atoms with Crippen LogP contribution in [-0.2, 0) is 4.79 Å². The smallest absolute Gasteiger partial charge is 0.226 e. The summed E-state index contributed by atoms with van der Waals surface area (Å²) in [6.07, 6.45) is 3.41. The number of imidazole rings is 1. The third-order valence-electron chi connectivity index (χ3n) is 3.75. The highest BCUT2D eigenvalue weighted by Gasteiger charge is 2.34. The van der Waals surface area contributed by atoms with Gasteiger partial charge in [0, 0.05) is 17.6 Å². The van der Waals surface area contributed by atoms with Crippen LogP contribution < -0.4 is 11.1 Å². The molecular formula is C14H18N4O. The Morgan fingerprint density at radius 2 is 2.32 bits per heavy atom. The Morgan fingerprint density at radius 3 is 3.00 bits per heavy atom. The fourth-order valence-electron chi connectivity index (χ4n) is 2.55. The maximum Gasteiger partial charge on any atom is 0.226 e. The van der Waals surface area contributed by atoms with Crippen molar-refractivity contribution >= 4 is 22.6 Å². The molecule has 1 amide bonds. The Hall–Kier alpha value is -1.88. The van der Waals surface area contributed by atoms with Gasteiger partial charge < -0.3 is 16.0 Å². The Balaban J connectivity index is 1.71. The van der Waals surface area contributed by atoms with Crippen molar-refractivity contribution in [3.05, 3.63) is 24.0 Å². The molecule has 1 aliphatic rings. The molecule has 4 N–H and O–H groups in total. The van der Waals surface area contributed by atoms with E-state index in [-0.39, 0.29) is 11.4 Å². The number of carbonyl (C=O) groups is 1. The lowest BCUT2D eigenvalue weighted by molar-refractivity contribution is -0.118. The van der Waals surface area contributed by atoms with E-state index >= 15 is 0 Å². The molecule has 0 atom stereocenters. The maximum absolute atomic E-state index is 11.9. The number of amides is 1. The van der Waals surface area contributed by atoms with Gasteiger partial charge in [0.25, 0.3) is 0 Å². The summed E-state index contributed by atoms with van der Waals surface area (Å²) in [5.74, 6) is 0.853. The molecule has 0 radical (unpaired) electrons. The minimum absolute atomic E-state index is 0.0159. The van der Waals surface area contributed by atoms with Crippen LogP contribution in [0.3, 0.4) is 0 Å². The van der Waals surface area contributed by atoms with E-state index in [2.05, 4.69) is 15.3 Å². The number of carbonyl (C=O) groups excluding carboxylic acids is 1. The molecule has 0 bridgehead atoms. The highest BCUT2D eigenvalue weighted by Crippen LogP contribution is 2.32. The first-order valence-electron chi connectivity index (χ1n) is 6.59. The molecule has 1 aromatic carbocycles. The molecule has 0 aliphatic heterocycles. The number of aromatic nitrogens is 2. The van der Waals surface area contributed by atoms with E-state index in [0.29, 0.717) is 6.42 Å². The number of fused-ring (bicyclic) bond motifs is 1. The Morgan fingerprint density at radius 1 is 1.53 bits per heavy atom. The van der Waals surface area contributed by atoms with Crippen LogP contribution in [0.5, 0.6) is 0 Å². The van der Waals surface area contributed by atoms with Gasteiger partial charge in [0.15, 0.2) is 0 Å². The van der Waals surface area contributed by atoms with Crippen molar-refractivity contribution in [1.82, 2.24) is 9.97 Å². The lowest BCUT2D eigenvalue weighted by Gasteiger charge is -2.37. The van der Waals surface area contributed by atoms with E-state index < -0.39 is 0 Å². The highest BCUT2D eigenvalue weighted by atomic mass is 16.1. The van der Waals surface area contributed by atoms with Gasteiger partial charge in [0.1, 0.15) is 5.82 Å². The zero-order valence-corrected chi connectivity index (χ0v) is 11.0. The zero-order valence-electron chi connectivity index (χ0n) is 11.0. The second kappa shape index (κ2) is 4.35. The molecule has 3 rings (SSSR count). The summed E-state index contributed by atoms with van der Waals surface area (Å²) < 4.78 is 0. The minimum Gasteiger partial charge on any atom is -0.342 e. The monoisotopic (exact) mass is 258 g/mol. The van der Waals surface area contributed by atoms with E-state index in [0.717, 1.165) is 41.8 Å². The van der Waals surface area contributed by atoms with E-state index in [1.165, 1.54) is 0 Å². The van der Waals surface area contributed by atoms with Gasteiger partial charge in [0.05, 0.1) is 11.0 Å². The minimum atomic E-state index is -0.279. The Kier molecular flexibility index (Phi) is 2.78. The van der Waals surface area contributed by atoms with Crippen molar-refractivity contribution in [2.75, 3.05) is 5.32 Å². The van der Waals surface area contributed by atoms with Crippen LogP contribution in [-0.4, -0.2) is 21.4 Å². The third kappa shape index (κ3) is 2.46. The van der Waals surface area contributed by atoms with Crippen LogP contribution in [0.4, 0.5) is 5.69 Å². The van der Waals surface area contributed by atoms with E-state index in [4.69, 9.17) is 5.73 Å². The van der Waals surface area contributed by atoms with Crippen LogP contribution in [0.25, 0.3) is 11.0 Å². The number of aromatic amines is 1. The maximum atomic E-state index is 11.9. The first-order valence-corrected chi connectivity index (χ1v) is 6.59. The third-order valence-corrected chi connectivity index (χ3v) is 3.75. The standard InChI is InChI=1S/C14H18N4O/c1-9-16-11-4-3-10(7-12(11)17-9)18-13(19)8-14(15)5-2-6-14/h3-4,7H,2,5-6,8,15H2,1H3,(H,16,17)(H,18,19). The number of anilines is 1. The second-order valence-electron chi connectivity index (χ2n) is 5.50. The first-order chi connectivity index (χ1) is 9.04. The van der Waals surface area contributed by atoms with Gasteiger partial charge in [0.2, 0.25) is 5.91 Å². The average Bonchev–Trinajstić information content (AvgIpc) is 2.66. The number of benzene rings is 1. The Labute approximate surface area is 111 Å². The topological polar surface area (TPSA) is 83.8 Å². The van der Waals surface area contributed by atoms with Gasteiger partial charge in [-0.2, -0.15) is 0 Å². The summed E-state index contributed by atoms with van der Waals surface area (Å²) in [6.45, 7) is 1.91. The van der Waals surface area contributed by atoms with Crippen molar-refractivity contribution < 1.29 is 4.79 Å². The summed E-state index contributed by atoms with van der Waals surface area (Å²) in [5, 5.41) is 2.90. The van der Waals surface area contributed by atoms with Crippen LogP contribution >= 0.6 is 0 Å². The van der Waals surface area contributed by atoms with E-state index in [9.17, 15) is 4.79 Å². The van der Waals surface area contributed by atoms with Gasteiger partial charge in [-0.05, 0) is 44.4 Å². The van der Waals surface area contributed by atoms with Crippen molar-refractivity contribution in [3.8, 4) is 0 Å². The van der Waals surface area contributed by atoms with Crippen LogP contribution in [0.1, 0.15) is 31.5 Å². The number of H-pyrrole nitrogens is 1. The highest BCUT2D eigenvalue weighted by molar-refractivity contribution is 5.93. The predicted octanol–water partition coefficient (Wildman–Crippen LogP) is 2.08. The van der Waals surface area contributed by atoms with E-state index in [1.54, 1.807) is 0 Å². The molecule has 0 saturated heterocycles. The molecule has 1 heterocycles. The summed E-state index contributed by atoms with van der Waals surface area (Å²) in [6, 6.07) is 5.66. The molecule has 5 nitrogen and oxygen atoms in total. The van der Waals surface area contributed by atoms with Crippen molar-refractivity contribution in [3.63, 3.8) is 0 Å². The van der Waals surface area contributed by atoms with Gasteiger partial charge in [-0.25, -0.2) is 4.98 Å². The normalized spacial score (nSPS) is 17.2. The summed E-state index contributed by atoms with van der Waals surface area (Å²) >= 11 is 0. The molecule has 2 aromatic rings. The van der Waals surface area contributed by atoms with Crippen molar-refractivity contribution in [2.24, 2.45) is 5.73 Å². The second-order valence-corrected chi connectivity index (χ2v) is 5.50. The lowest BCUT2D eigenvalue weighted by atomic mass is 9.75. The summed E-state index contributed by atoms with van der Waals surface area (Å²) in [4.78, 5) is 19.4. The molecule has 1 fully saturated rings. The van der Waals surface area contributed by atoms with Crippen LogP contribution in [0.15, 0.2) is 18.2 Å². The van der Waals surface area contributed by atoms with Crippen molar-refractivity contribution in [2.45, 2.75) is 38.1 Å². The summed E-state index contributed by atoms with van der Waals surface area (Å²) in [5.41, 5.74) is 8.42. The molecule has 0 unspecified atom stereocenters. The number of hydrogen-bond donors (Lipinski definition) is 3. The Bertz CT molecular complexity index is 627. The number of rotatable bonds is 3. The quantitative estimate of drug-likeness (QED) is 0.788. The number of nitrogens with one attached hydrogen (secondary N) is 2. The van der Waals surface area contributed by atoms with Gasteiger partial charge in [-0.15, -0.1) is 0 Å². The number of aryl methyl sites for hydroxylation is 1. The lowest BCUT2D eigenvalue weighted by Crippen LogP contribution is -2.48. The fourth-order valence-corrected chi connectivity index (χ4v) is 2.55. The largest absolute Gasteiger partial charge is 0.342 e. The molecule has 1 saturated carbocycles. The summed E-state index contributed by atoms with van der Waals surface area (Å²) in [7, 11) is 0. The molecule has 5 heteroatoms. The van der Waals surface area contributed by atoms with Crippen molar-refractivity contribution in [1.29, 1.82) is 0 Å². The zero-order chi connectivity index (χ0) is 13.5. The van der Waals surface area contributed by atoms with Crippen LogP contribution in [0, 0.1) is 6.92 Å². The van der Waals surface area contributed by atoms with Gasteiger partial charge >= 0.3 is 0 Å².